The highest BCUT2D eigenvalue weighted by Gasteiger charge is 2.08. The lowest BCUT2D eigenvalue weighted by Crippen LogP contribution is -1.92. The Morgan fingerprint density at radius 3 is 2.13 bits per heavy atom. The molecule has 0 unspecified atom stereocenters. The molecule has 0 aliphatic rings. The Bertz CT molecular complexity index is 477. The smallest absolute Gasteiger partial charge is 0.253 e. The first-order chi connectivity index (χ1) is 7.29. The van der Waals surface area contributed by atoms with E-state index in [1.807, 2.05) is 48.5 Å². The zero-order chi connectivity index (χ0) is 10.7. The fraction of sp³-hybridized carbons (Fsp3) is 0. The van der Waals surface area contributed by atoms with Gasteiger partial charge >= 0.3 is 0 Å². The summed E-state index contributed by atoms with van der Waals surface area (Å²) in [4.78, 5) is 11.2. The molecule has 2 heteroatoms. The molecule has 0 fully saturated rings. The van der Waals surface area contributed by atoms with Gasteiger partial charge in [-0.2, -0.15) is 0 Å². The maximum absolute atomic E-state index is 11.2. The van der Waals surface area contributed by atoms with Crippen molar-refractivity contribution < 1.29 is 4.79 Å². The van der Waals surface area contributed by atoms with Crippen LogP contribution in [0.3, 0.4) is 0 Å². The summed E-state index contributed by atoms with van der Waals surface area (Å²) in [5.41, 5.74) is 2.42. The van der Waals surface area contributed by atoms with Gasteiger partial charge in [0.1, 0.15) is 0 Å². The first-order valence-electron chi connectivity index (χ1n) is 4.63. The minimum Gasteiger partial charge on any atom is -0.276 e. The van der Waals surface area contributed by atoms with E-state index < -0.39 is 5.24 Å². The molecular formula is C13H9ClO. The first-order valence-corrected chi connectivity index (χ1v) is 5.01. The topological polar surface area (TPSA) is 17.1 Å². The molecule has 1 nitrogen and oxygen atoms in total. The lowest BCUT2D eigenvalue weighted by Gasteiger charge is -2.05. The summed E-state index contributed by atoms with van der Waals surface area (Å²) in [6.07, 6.45) is 0. The molecule has 0 saturated heterocycles. The van der Waals surface area contributed by atoms with Gasteiger partial charge in [0.05, 0.1) is 0 Å². The van der Waals surface area contributed by atoms with Gasteiger partial charge in [-0.25, -0.2) is 0 Å². The average molecular weight is 217 g/mol. The summed E-state index contributed by atoms with van der Waals surface area (Å²) in [7, 11) is 0. The molecule has 0 aromatic heterocycles. The highest BCUT2D eigenvalue weighted by atomic mass is 35.5. The van der Waals surface area contributed by atoms with Crippen LogP contribution in [-0.2, 0) is 0 Å². The lowest BCUT2D eigenvalue weighted by atomic mass is 10.0. The van der Waals surface area contributed by atoms with Crippen LogP contribution in [0.1, 0.15) is 10.4 Å². The van der Waals surface area contributed by atoms with E-state index >= 15 is 0 Å². The number of carbonyl (C=O) groups is 1. The molecule has 0 bridgehead atoms. The second-order valence-corrected chi connectivity index (χ2v) is 3.53. The summed E-state index contributed by atoms with van der Waals surface area (Å²) in [6, 6.07) is 17.1. The van der Waals surface area contributed by atoms with Crippen molar-refractivity contribution in [1.29, 1.82) is 0 Å². The molecule has 0 heterocycles. The third kappa shape index (κ3) is 2.08. The Kier molecular flexibility index (Phi) is 2.84. The van der Waals surface area contributed by atoms with Crippen molar-refractivity contribution in [1.82, 2.24) is 0 Å². The van der Waals surface area contributed by atoms with Crippen molar-refractivity contribution in [3.05, 3.63) is 60.2 Å². The highest BCUT2D eigenvalue weighted by Crippen LogP contribution is 2.24. The SMILES string of the molecule is O=C(Cl)c1ccccc1-c1ccccc1. The van der Waals surface area contributed by atoms with E-state index in [1.54, 1.807) is 6.07 Å². The Labute approximate surface area is 93.3 Å². The van der Waals surface area contributed by atoms with Crippen LogP contribution in [-0.4, -0.2) is 5.24 Å². The molecule has 15 heavy (non-hydrogen) atoms. The molecule has 2 rings (SSSR count). The quantitative estimate of drug-likeness (QED) is 0.699. The minimum absolute atomic E-state index is 0.422. The van der Waals surface area contributed by atoms with Crippen molar-refractivity contribution in [2.45, 2.75) is 0 Å². The zero-order valence-corrected chi connectivity index (χ0v) is 8.74. The van der Waals surface area contributed by atoms with Crippen LogP contribution in [0.25, 0.3) is 11.1 Å². The summed E-state index contributed by atoms with van der Waals surface area (Å²) in [5, 5.41) is -0.422. The summed E-state index contributed by atoms with van der Waals surface area (Å²) < 4.78 is 0. The van der Waals surface area contributed by atoms with Gasteiger partial charge in [-0.15, -0.1) is 0 Å². The molecular weight excluding hydrogens is 208 g/mol. The van der Waals surface area contributed by atoms with E-state index in [0.29, 0.717) is 5.56 Å². The largest absolute Gasteiger partial charge is 0.276 e. The standard InChI is InChI=1S/C13H9ClO/c14-13(15)12-9-5-4-8-11(12)10-6-2-1-3-7-10/h1-9H. The fourth-order valence-electron chi connectivity index (χ4n) is 1.52. The van der Waals surface area contributed by atoms with Crippen LogP contribution in [0.15, 0.2) is 54.6 Å². The second-order valence-electron chi connectivity index (χ2n) is 3.19. The average Bonchev–Trinajstić information content (AvgIpc) is 2.30. The van der Waals surface area contributed by atoms with E-state index in [1.165, 1.54) is 0 Å². The summed E-state index contributed by atoms with van der Waals surface area (Å²) in [5.74, 6) is 0. The van der Waals surface area contributed by atoms with Crippen molar-refractivity contribution in [3.8, 4) is 11.1 Å². The molecule has 0 saturated carbocycles. The Morgan fingerprint density at radius 1 is 0.867 bits per heavy atom. The third-order valence-electron chi connectivity index (χ3n) is 2.22. The molecule has 0 N–H and O–H groups in total. The number of carbonyl (C=O) groups excluding carboxylic acids is 1. The van der Waals surface area contributed by atoms with Crippen LogP contribution in [0.5, 0.6) is 0 Å². The van der Waals surface area contributed by atoms with E-state index in [4.69, 9.17) is 11.6 Å². The van der Waals surface area contributed by atoms with Gasteiger partial charge in [-0.05, 0) is 28.8 Å². The molecule has 0 aliphatic heterocycles. The van der Waals surface area contributed by atoms with Crippen LogP contribution >= 0.6 is 11.6 Å². The molecule has 0 radical (unpaired) electrons. The molecule has 0 amide bonds. The maximum atomic E-state index is 11.2. The number of rotatable bonds is 2. The molecule has 0 spiro atoms. The minimum atomic E-state index is -0.422. The van der Waals surface area contributed by atoms with Gasteiger partial charge in [0.25, 0.3) is 5.24 Å². The van der Waals surface area contributed by atoms with Crippen LogP contribution in [0.4, 0.5) is 0 Å². The predicted molar refractivity (Wildman–Crippen MR) is 62.1 cm³/mol. The fourth-order valence-corrected chi connectivity index (χ4v) is 1.69. The van der Waals surface area contributed by atoms with Crippen molar-refractivity contribution in [2.75, 3.05) is 0 Å². The predicted octanol–water partition coefficient (Wildman–Crippen LogP) is 3.73. The number of hydrogen-bond acceptors (Lipinski definition) is 1. The third-order valence-corrected chi connectivity index (χ3v) is 2.43. The van der Waals surface area contributed by atoms with Gasteiger partial charge in [-0.3, -0.25) is 4.79 Å². The lowest BCUT2D eigenvalue weighted by molar-refractivity contribution is 0.108. The first kappa shape index (κ1) is 9.94. The highest BCUT2D eigenvalue weighted by molar-refractivity contribution is 6.68. The van der Waals surface area contributed by atoms with Crippen molar-refractivity contribution in [3.63, 3.8) is 0 Å². The van der Waals surface area contributed by atoms with Gasteiger partial charge in [-0.1, -0.05) is 48.5 Å². The summed E-state index contributed by atoms with van der Waals surface area (Å²) >= 11 is 5.52. The van der Waals surface area contributed by atoms with Gasteiger partial charge in [0.2, 0.25) is 0 Å². The molecule has 2 aromatic carbocycles. The Morgan fingerprint density at radius 2 is 1.47 bits per heavy atom. The van der Waals surface area contributed by atoms with E-state index in [2.05, 4.69) is 0 Å². The van der Waals surface area contributed by atoms with Gasteiger partial charge in [0.15, 0.2) is 0 Å². The monoisotopic (exact) mass is 216 g/mol. The van der Waals surface area contributed by atoms with Gasteiger partial charge in [0, 0.05) is 5.56 Å². The number of halogens is 1. The van der Waals surface area contributed by atoms with Crippen LogP contribution in [0.2, 0.25) is 0 Å². The maximum Gasteiger partial charge on any atom is 0.253 e. The van der Waals surface area contributed by atoms with E-state index in [-0.39, 0.29) is 0 Å². The van der Waals surface area contributed by atoms with Crippen LogP contribution < -0.4 is 0 Å². The van der Waals surface area contributed by atoms with E-state index in [9.17, 15) is 4.79 Å². The zero-order valence-electron chi connectivity index (χ0n) is 7.98. The Balaban J connectivity index is 2.58. The number of hydrogen-bond donors (Lipinski definition) is 0. The van der Waals surface area contributed by atoms with Crippen molar-refractivity contribution >= 4 is 16.8 Å². The normalized spacial score (nSPS) is 9.93. The molecule has 2 aromatic rings. The van der Waals surface area contributed by atoms with Crippen molar-refractivity contribution in [2.24, 2.45) is 0 Å². The second kappa shape index (κ2) is 4.28. The van der Waals surface area contributed by atoms with Crippen LogP contribution in [0, 0.1) is 0 Å². The molecule has 0 atom stereocenters. The summed E-state index contributed by atoms with van der Waals surface area (Å²) in [6.45, 7) is 0. The molecule has 0 aliphatic carbocycles. The Hall–Kier alpha value is -1.60. The number of benzene rings is 2. The van der Waals surface area contributed by atoms with E-state index in [0.717, 1.165) is 11.1 Å². The molecule has 74 valence electrons. The van der Waals surface area contributed by atoms with Gasteiger partial charge < -0.3 is 0 Å².